The summed E-state index contributed by atoms with van der Waals surface area (Å²) in [4.78, 5) is 0. The largest absolute Gasteiger partial charge is 0.396 e. The number of aliphatic hydroxyl groups excluding tert-OH is 1. The third kappa shape index (κ3) is 2.93. The van der Waals surface area contributed by atoms with Crippen molar-refractivity contribution < 1.29 is 5.11 Å². The van der Waals surface area contributed by atoms with Crippen molar-refractivity contribution in [3.63, 3.8) is 0 Å². The SMILES string of the molecule is Cc1ccc(C(N)CCO)cc1I. The van der Waals surface area contributed by atoms with Crippen LogP contribution in [0.15, 0.2) is 18.2 Å². The lowest BCUT2D eigenvalue weighted by Crippen LogP contribution is -2.12. The van der Waals surface area contributed by atoms with Gasteiger partial charge >= 0.3 is 0 Å². The molecule has 0 radical (unpaired) electrons. The predicted octanol–water partition coefficient (Wildman–Crippen LogP) is 1.98. The van der Waals surface area contributed by atoms with Gasteiger partial charge in [0.1, 0.15) is 0 Å². The maximum absolute atomic E-state index is 8.74. The van der Waals surface area contributed by atoms with E-state index in [9.17, 15) is 0 Å². The maximum atomic E-state index is 8.74. The summed E-state index contributed by atoms with van der Waals surface area (Å²) in [7, 11) is 0. The summed E-state index contributed by atoms with van der Waals surface area (Å²) in [6, 6.07) is 6.13. The summed E-state index contributed by atoms with van der Waals surface area (Å²) in [5, 5.41) is 8.74. The molecule has 1 atom stereocenters. The number of hydrogen-bond acceptors (Lipinski definition) is 2. The first-order valence-corrected chi connectivity index (χ1v) is 5.35. The molecular weight excluding hydrogens is 277 g/mol. The highest BCUT2D eigenvalue weighted by molar-refractivity contribution is 14.1. The molecule has 0 aliphatic heterocycles. The number of aryl methyl sites for hydroxylation is 1. The first-order chi connectivity index (χ1) is 6.15. The van der Waals surface area contributed by atoms with Crippen molar-refractivity contribution in [3.8, 4) is 0 Å². The van der Waals surface area contributed by atoms with E-state index in [1.807, 2.05) is 6.07 Å². The fourth-order valence-electron chi connectivity index (χ4n) is 1.15. The molecule has 0 saturated carbocycles. The van der Waals surface area contributed by atoms with Gasteiger partial charge in [-0.3, -0.25) is 0 Å². The Kier molecular flexibility index (Phi) is 4.15. The van der Waals surface area contributed by atoms with Crippen molar-refractivity contribution >= 4 is 22.6 Å². The fraction of sp³-hybridized carbons (Fsp3) is 0.400. The topological polar surface area (TPSA) is 46.2 Å². The summed E-state index contributed by atoms with van der Waals surface area (Å²) in [5.74, 6) is 0. The smallest absolute Gasteiger partial charge is 0.0449 e. The van der Waals surface area contributed by atoms with Gasteiger partial charge in [0.25, 0.3) is 0 Å². The Balaban J connectivity index is 2.84. The average Bonchev–Trinajstić information content (AvgIpc) is 2.10. The van der Waals surface area contributed by atoms with E-state index in [0.717, 1.165) is 5.56 Å². The van der Waals surface area contributed by atoms with Crippen LogP contribution >= 0.6 is 22.6 Å². The molecule has 3 heteroatoms. The van der Waals surface area contributed by atoms with Crippen molar-refractivity contribution in [2.24, 2.45) is 5.73 Å². The molecule has 1 aromatic carbocycles. The minimum absolute atomic E-state index is 0.0425. The summed E-state index contributed by atoms with van der Waals surface area (Å²) < 4.78 is 1.23. The summed E-state index contributed by atoms with van der Waals surface area (Å²) in [6.07, 6.45) is 0.624. The van der Waals surface area contributed by atoms with Crippen LogP contribution in [0.25, 0.3) is 0 Å². The quantitative estimate of drug-likeness (QED) is 0.837. The van der Waals surface area contributed by atoms with Crippen LogP contribution < -0.4 is 5.73 Å². The van der Waals surface area contributed by atoms with E-state index < -0.39 is 0 Å². The number of benzene rings is 1. The van der Waals surface area contributed by atoms with Gasteiger partial charge in [0, 0.05) is 16.2 Å². The molecule has 72 valence electrons. The number of hydrogen-bond donors (Lipinski definition) is 2. The highest BCUT2D eigenvalue weighted by Gasteiger charge is 2.05. The van der Waals surface area contributed by atoms with E-state index in [1.54, 1.807) is 0 Å². The molecule has 0 aliphatic rings. The van der Waals surface area contributed by atoms with Crippen molar-refractivity contribution in [1.82, 2.24) is 0 Å². The molecule has 0 saturated heterocycles. The van der Waals surface area contributed by atoms with Crippen LogP contribution in [0.3, 0.4) is 0 Å². The Bertz CT molecular complexity index is 288. The first kappa shape index (κ1) is 10.9. The lowest BCUT2D eigenvalue weighted by Gasteiger charge is -2.11. The monoisotopic (exact) mass is 291 g/mol. The summed E-state index contributed by atoms with van der Waals surface area (Å²) >= 11 is 2.29. The van der Waals surface area contributed by atoms with Crippen LogP contribution in [0, 0.1) is 10.5 Å². The number of halogens is 1. The Labute approximate surface area is 92.3 Å². The molecule has 0 spiro atoms. The van der Waals surface area contributed by atoms with E-state index in [2.05, 4.69) is 41.6 Å². The second kappa shape index (κ2) is 4.93. The molecule has 1 unspecified atom stereocenters. The van der Waals surface area contributed by atoms with Crippen LogP contribution in [0.1, 0.15) is 23.6 Å². The standard InChI is InChI=1S/C10H14INO/c1-7-2-3-8(6-9(7)11)10(12)4-5-13/h2-3,6,10,13H,4-5,12H2,1H3. The lowest BCUT2D eigenvalue weighted by atomic mass is 10.0. The van der Waals surface area contributed by atoms with Crippen molar-refractivity contribution in [3.05, 3.63) is 32.9 Å². The number of nitrogens with two attached hydrogens (primary N) is 1. The zero-order valence-electron chi connectivity index (χ0n) is 7.63. The fourth-order valence-corrected chi connectivity index (χ4v) is 1.68. The molecule has 0 heterocycles. The molecule has 13 heavy (non-hydrogen) atoms. The van der Waals surface area contributed by atoms with Crippen LogP contribution in [-0.4, -0.2) is 11.7 Å². The van der Waals surface area contributed by atoms with Crippen LogP contribution in [0.5, 0.6) is 0 Å². The molecule has 1 rings (SSSR count). The Hall–Kier alpha value is -0.130. The number of rotatable bonds is 3. The second-order valence-electron chi connectivity index (χ2n) is 3.13. The molecule has 0 aliphatic carbocycles. The molecule has 0 aromatic heterocycles. The molecule has 0 bridgehead atoms. The molecule has 1 aromatic rings. The zero-order chi connectivity index (χ0) is 9.84. The number of aliphatic hydroxyl groups is 1. The summed E-state index contributed by atoms with van der Waals surface area (Å²) in [5.41, 5.74) is 8.23. The van der Waals surface area contributed by atoms with Gasteiger partial charge in [0.2, 0.25) is 0 Å². The van der Waals surface area contributed by atoms with Gasteiger partial charge in [0.15, 0.2) is 0 Å². The zero-order valence-corrected chi connectivity index (χ0v) is 9.78. The van der Waals surface area contributed by atoms with Gasteiger partial charge in [-0.15, -0.1) is 0 Å². The molecule has 2 nitrogen and oxygen atoms in total. The molecule has 3 N–H and O–H groups in total. The van der Waals surface area contributed by atoms with Crippen LogP contribution in [-0.2, 0) is 0 Å². The first-order valence-electron chi connectivity index (χ1n) is 4.27. The Morgan fingerprint density at radius 2 is 2.23 bits per heavy atom. The Morgan fingerprint density at radius 3 is 2.77 bits per heavy atom. The van der Waals surface area contributed by atoms with Gasteiger partial charge in [-0.05, 0) is 53.1 Å². The molecular formula is C10H14INO. The molecule has 0 fully saturated rings. The van der Waals surface area contributed by atoms with Gasteiger partial charge < -0.3 is 10.8 Å². The predicted molar refractivity (Wildman–Crippen MR) is 62.5 cm³/mol. The normalized spacial score (nSPS) is 12.9. The Morgan fingerprint density at radius 1 is 1.54 bits per heavy atom. The van der Waals surface area contributed by atoms with E-state index in [-0.39, 0.29) is 12.6 Å². The minimum Gasteiger partial charge on any atom is -0.396 e. The van der Waals surface area contributed by atoms with E-state index in [1.165, 1.54) is 9.13 Å². The van der Waals surface area contributed by atoms with Crippen LogP contribution in [0.4, 0.5) is 0 Å². The highest BCUT2D eigenvalue weighted by Crippen LogP contribution is 2.19. The third-order valence-corrected chi connectivity index (χ3v) is 3.23. The minimum atomic E-state index is -0.0425. The van der Waals surface area contributed by atoms with Gasteiger partial charge in [-0.1, -0.05) is 12.1 Å². The highest BCUT2D eigenvalue weighted by atomic mass is 127. The maximum Gasteiger partial charge on any atom is 0.0449 e. The summed E-state index contributed by atoms with van der Waals surface area (Å²) in [6.45, 7) is 2.22. The van der Waals surface area contributed by atoms with Crippen LogP contribution in [0.2, 0.25) is 0 Å². The van der Waals surface area contributed by atoms with Crippen molar-refractivity contribution in [2.75, 3.05) is 6.61 Å². The van der Waals surface area contributed by atoms with Gasteiger partial charge in [-0.2, -0.15) is 0 Å². The van der Waals surface area contributed by atoms with Gasteiger partial charge in [0.05, 0.1) is 0 Å². The van der Waals surface area contributed by atoms with Gasteiger partial charge in [-0.25, -0.2) is 0 Å². The van der Waals surface area contributed by atoms with Crippen molar-refractivity contribution in [2.45, 2.75) is 19.4 Å². The second-order valence-corrected chi connectivity index (χ2v) is 4.29. The lowest BCUT2D eigenvalue weighted by molar-refractivity contribution is 0.276. The van der Waals surface area contributed by atoms with E-state index >= 15 is 0 Å². The van der Waals surface area contributed by atoms with E-state index in [0.29, 0.717) is 6.42 Å². The van der Waals surface area contributed by atoms with Crippen molar-refractivity contribution in [1.29, 1.82) is 0 Å². The third-order valence-electron chi connectivity index (χ3n) is 2.06. The average molecular weight is 291 g/mol. The molecule has 0 amide bonds. The van der Waals surface area contributed by atoms with E-state index in [4.69, 9.17) is 10.8 Å².